The molecule has 2 aliphatic heterocycles. The highest BCUT2D eigenvalue weighted by Gasteiger charge is 2.47. The van der Waals surface area contributed by atoms with Crippen LogP contribution in [-0.4, -0.2) is 28.3 Å². The number of amides is 1. The summed E-state index contributed by atoms with van der Waals surface area (Å²) in [6, 6.07) is 14.0. The zero-order valence-electron chi connectivity index (χ0n) is 15.4. The van der Waals surface area contributed by atoms with Gasteiger partial charge in [0.25, 0.3) is 5.56 Å². The topological polar surface area (TPSA) is 86.9 Å². The molecule has 3 heterocycles. The van der Waals surface area contributed by atoms with Crippen LogP contribution in [0.4, 0.5) is 5.69 Å². The number of para-hydroxylation sites is 2. The maximum absolute atomic E-state index is 13.1. The lowest BCUT2D eigenvalue weighted by atomic mass is 9.83. The highest BCUT2D eigenvalue weighted by Crippen LogP contribution is 2.41. The number of aryl methyl sites for hydroxylation is 1. The molecule has 0 saturated carbocycles. The number of carbonyl (C=O) groups excluding carboxylic acids is 1. The third-order valence-corrected chi connectivity index (χ3v) is 5.71. The first kappa shape index (κ1) is 16.6. The van der Waals surface area contributed by atoms with Gasteiger partial charge in [-0.05, 0) is 18.2 Å². The van der Waals surface area contributed by atoms with Crippen molar-refractivity contribution in [2.24, 2.45) is 18.1 Å². The van der Waals surface area contributed by atoms with E-state index in [9.17, 15) is 14.7 Å². The third-order valence-electron chi connectivity index (χ3n) is 5.71. The molecule has 28 heavy (non-hydrogen) atoms. The number of hydrogen-bond acceptors (Lipinski definition) is 5. The Balaban J connectivity index is 1.72. The lowest BCUT2D eigenvalue weighted by molar-refractivity contribution is -0.120. The molecule has 0 saturated heterocycles. The van der Waals surface area contributed by atoms with Gasteiger partial charge < -0.3 is 20.0 Å². The fourth-order valence-electron chi connectivity index (χ4n) is 4.25. The Morgan fingerprint density at radius 3 is 2.57 bits per heavy atom. The lowest BCUT2D eigenvalue weighted by Crippen LogP contribution is -2.45. The molecule has 0 radical (unpaired) electrons. The minimum absolute atomic E-state index is 0.109. The van der Waals surface area contributed by atoms with Crippen molar-refractivity contribution >= 4 is 28.2 Å². The van der Waals surface area contributed by atoms with Gasteiger partial charge in [-0.25, -0.2) is 0 Å². The van der Waals surface area contributed by atoms with E-state index in [1.165, 1.54) is 4.57 Å². The minimum atomic E-state index is -0.735. The van der Waals surface area contributed by atoms with Gasteiger partial charge in [0.05, 0.1) is 28.5 Å². The van der Waals surface area contributed by atoms with Crippen molar-refractivity contribution in [3.63, 3.8) is 0 Å². The monoisotopic (exact) mass is 374 g/mol. The van der Waals surface area contributed by atoms with Crippen LogP contribution in [0.5, 0.6) is 5.75 Å². The summed E-state index contributed by atoms with van der Waals surface area (Å²) in [5.74, 6) is -0.955. The molecule has 3 aromatic rings. The first-order valence-electron chi connectivity index (χ1n) is 9.01. The lowest BCUT2D eigenvalue weighted by Gasteiger charge is -2.32. The Kier molecular flexibility index (Phi) is 3.37. The summed E-state index contributed by atoms with van der Waals surface area (Å²) < 4.78 is 1.50. The van der Waals surface area contributed by atoms with Gasteiger partial charge in [-0.1, -0.05) is 30.3 Å². The summed E-state index contributed by atoms with van der Waals surface area (Å²) in [7, 11) is 3.38. The Morgan fingerprint density at radius 2 is 1.75 bits per heavy atom. The van der Waals surface area contributed by atoms with Crippen molar-refractivity contribution in [1.29, 1.82) is 0 Å². The normalized spacial score (nSPS) is 20.6. The van der Waals surface area contributed by atoms with Crippen molar-refractivity contribution in [2.75, 3.05) is 11.9 Å². The second kappa shape index (κ2) is 5.69. The van der Waals surface area contributed by atoms with Gasteiger partial charge in [0.15, 0.2) is 0 Å². The van der Waals surface area contributed by atoms with Gasteiger partial charge in [-0.2, -0.15) is 5.10 Å². The molecule has 140 valence electrons. The van der Waals surface area contributed by atoms with Gasteiger partial charge in [0.2, 0.25) is 5.91 Å². The number of fused-ring (bicyclic) bond motifs is 4. The van der Waals surface area contributed by atoms with E-state index >= 15 is 0 Å². The van der Waals surface area contributed by atoms with Crippen LogP contribution in [0.1, 0.15) is 17.2 Å². The standard InChI is InChI=1S/C21H18N4O3/c1-24-13-9-5-3-7-11(13)17-15(20(24)27)18(23-22-17)16-19(26)12-8-4-6-10-14(12)25(2)21(16)28/h3-10,15,18,23,26H,1-2H3/t15-,18+/m1/s1. The van der Waals surface area contributed by atoms with Gasteiger partial charge in [-0.3, -0.25) is 9.59 Å². The Hall–Kier alpha value is -3.61. The summed E-state index contributed by atoms with van der Waals surface area (Å²) in [5, 5.41) is 15.9. The summed E-state index contributed by atoms with van der Waals surface area (Å²) in [6.45, 7) is 0. The molecule has 7 heteroatoms. The molecule has 2 aromatic carbocycles. The number of aromatic nitrogens is 1. The minimum Gasteiger partial charge on any atom is -0.507 e. The van der Waals surface area contributed by atoms with E-state index in [1.54, 1.807) is 37.2 Å². The maximum atomic E-state index is 13.1. The molecular weight excluding hydrogens is 356 g/mol. The average molecular weight is 374 g/mol. The molecule has 2 N–H and O–H groups in total. The fraction of sp³-hybridized carbons (Fsp3) is 0.190. The number of hydrazone groups is 1. The van der Waals surface area contributed by atoms with Crippen LogP contribution in [0.2, 0.25) is 0 Å². The SMILES string of the molecule is CN1C(=O)[C@@H]2C(=NN[C@@H]2c2c(O)c3ccccc3n(C)c2=O)c2ccccc21. The van der Waals surface area contributed by atoms with Crippen LogP contribution in [0.15, 0.2) is 58.4 Å². The number of benzene rings is 2. The van der Waals surface area contributed by atoms with E-state index in [4.69, 9.17) is 0 Å². The van der Waals surface area contributed by atoms with Crippen molar-refractivity contribution in [3.05, 3.63) is 70.0 Å². The first-order chi connectivity index (χ1) is 13.5. The van der Waals surface area contributed by atoms with Crippen LogP contribution >= 0.6 is 0 Å². The smallest absolute Gasteiger partial charge is 0.259 e. The predicted octanol–water partition coefficient (Wildman–Crippen LogP) is 1.89. The summed E-state index contributed by atoms with van der Waals surface area (Å²) in [6.07, 6.45) is 0. The van der Waals surface area contributed by atoms with E-state index in [0.29, 0.717) is 16.6 Å². The van der Waals surface area contributed by atoms with Crippen molar-refractivity contribution < 1.29 is 9.90 Å². The molecule has 0 fully saturated rings. The van der Waals surface area contributed by atoms with Crippen molar-refractivity contribution in [1.82, 2.24) is 9.99 Å². The predicted molar refractivity (Wildman–Crippen MR) is 107 cm³/mol. The molecule has 0 aliphatic carbocycles. The fourth-order valence-corrected chi connectivity index (χ4v) is 4.25. The average Bonchev–Trinajstić information content (AvgIpc) is 3.15. The third kappa shape index (κ3) is 2.01. The Labute approximate surface area is 160 Å². The van der Waals surface area contributed by atoms with Crippen LogP contribution < -0.4 is 15.9 Å². The second-order valence-corrected chi connectivity index (χ2v) is 7.14. The number of nitrogens with one attached hydrogen (secondary N) is 1. The Morgan fingerprint density at radius 1 is 1.04 bits per heavy atom. The van der Waals surface area contributed by atoms with E-state index < -0.39 is 12.0 Å². The summed E-state index contributed by atoms with van der Waals surface area (Å²) in [5.41, 5.74) is 5.61. The first-order valence-corrected chi connectivity index (χ1v) is 9.01. The molecule has 0 spiro atoms. The zero-order valence-corrected chi connectivity index (χ0v) is 15.4. The number of rotatable bonds is 1. The molecule has 2 atom stereocenters. The van der Waals surface area contributed by atoms with E-state index in [1.807, 2.05) is 30.3 Å². The molecule has 0 unspecified atom stereocenters. The molecule has 0 bridgehead atoms. The van der Waals surface area contributed by atoms with E-state index in [2.05, 4.69) is 10.5 Å². The van der Waals surface area contributed by atoms with Crippen LogP contribution in [0.25, 0.3) is 10.9 Å². The van der Waals surface area contributed by atoms with Crippen LogP contribution in [-0.2, 0) is 11.8 Å². The quantitative estimate of drug-likeness (QED) is 0.681. The number of pyridine rings is 1. The number of aromatic hydroxyl groups is 1. The summed E-state index contributed by atoms with van der Waals surface area (Å²) in [4.78, 5) is 27.8. The van der Waals surface area contributed by atoms with E-state index in [-0.39, 0.29) is 22.8 Å². The zero-order chi connectivity index (χ0) is 19.6. The second-order valence-electron chi connectivity index (χ2n) is 7.14. The number of hydrogen-bond donors (Lipinski definition) is 2. The number of anilines is 1. The highest BCUT2D eigenvalue weighted by molar-refractivity contribution is 6.24. The molecule has 2 aliphatic rings. The van der Waals surface area contributed by atoms with Gasteiger partial charge in [-0.15, -0.1) is 0 Å². The number of carbonyl (C=O) groups is 1. The van der Waals surface area contributed by atoms with Gasteiger partial charge in [0.1, 0.15) is 11.7 Å². The summed E-state index contributed by atoms with van der Waals surface area (Å²) >= 11 is 0. The molecule has 7 nitrogen and oxygen atoms in total. The highest BCUT2D eigenvalue weighted by atomic mass is 16.3. The largest absolute Gasteiger partial charge is 0.507 e. The molecule has 5 rings (SSSR count). The van der Waals surface area contributed by atoms with Crippen LogP contribution in [0, 0.1) is 5.92 Å². The van der Waals surface area contributed by atoms with Crippen LogP contribution in [0.3, 0.4) is 0 Å². The van der Waals surface area contributed by atoms with Crippen molar-refractivity contribution in [3.8, 4) is 5.75 Å². The van der Waals surface area contributed by atoms with E-state index in [0.717, 1.165) is 11.3 Å². The molecule has 1 amide bonds. The van der Waals surface area contributed by atoms with Gasteiger partial charge >= 0.3 is 0 Å². The van der Waals surface area contributed by atoms with Gasteiger partial charge in [0, 0.05) is 25.0 Å². The number of nitrogens with zero attached hydrogens (tertiary/aromatic N) is 3. The molecule has 1 aromatic heterocycles. The Bertz CT molecular complexity index is 1240. The maximum Gasteiger partial charge on any atom is 0.259 e. The molecular formula is C21H18N4O3. The van der Waals surface area contributed by atoms with Crippen molar-refractivity contribution in [2.45, 2.75) is 6.04 Å².